The van der Waals surface area contributed by atoms with Crippen LogP contribution in [0.15, 0.2) is 23.4 Å². The topological polar surface area (TPSA) is 47.6 Å². The molecule has 0 spiro atoms. The maximum absolute atomic E-state index is 5.96. The molecule has 0 saturated heterocycles. The first-order chi connectivity index (χ1) is 6.69. The number of hydrogen-bond donors (Lipinski definition) is 1. The van der Waals surface area contributed by atoms with Crippen LogP contribution in [0.2, 0.25) is 10.0 Å². The SMILES string of the molecule is CO/N=C(\CN)c1ccc(Cl)cc1Cl. The molecule has 0 amide bonds. The second-order valence-corrected chi connectivity index (χ2v) is 3.39. The van der Waals surface area contributed by atoms with Crippen molar-refractivity contribution in [3.8, 4) is 0 Å². The summed E-state index contributed by atoms with van der Waals surface area (Å²) >= 11 is 11.7. The van der Waals surface area contributed by atoms with E-state index in [9.17, 15) is 0 Å². The van der Waals surface area contributed by atoms with Crippen molar-refractivity contribution in [1.29, 1.82) is 0 Å². The standard InChI is InChI=1S/C9H10Cl2N2O/c1-14-13-9(5-12)7-3-2-6(10)4-8(7)11/h2-4H,5,12H2,1H3/b13-9+. The van der Waals surface area contributed by atoms with E-state index >= 15 is 0 Å². The third kappa shape index (κ3) is 2.61. The van der Waals surface area contributed by atoms with Crippen LogP contribution < -0.4 is 5.73 Å². The first-order valence-electron chi connectivity index (χ1n) is 3.94. The summed E-state index contributed by atoms with van der Waals surface area (Å²) in [6.07, 6.45) is 0. The van der Waals surface area contributed by atoms with Crippen LogP contribution in [0.4, 0.5) is 0 Å². The largest absolute Gasteiger partial charge is 0.399 e. The van der Waals surface area contributed by atoms with E-state index in [1.807, 2.05) is 0 Å². The third-order valence-electron chi connectivity index (χ3n) is 1.64. The molecule has 0 aliphatic carbocycles. The van der Waals surface area contributed by atoms with Crippen molar-refractivity contribution < 1.29 is 4.84 Å². The van der Waals surface area contributed by atoms with E-state index in [1.165, 1.54) is 7.11 Å². The van der Waals surface area contributed by atoms with Gasteiger partial charge >= 0.3 is 0 Å². The van der Waals surface area contributed by atoms with Crippen molar-refractivity contribution >= 4 is 28.9 Å². The number of hydrogen-bond acceptors (Lipinski definition) is 3. The van der Waals surface area contributed by atoms with Crippen LogP contribution in [0.25, 0.3) is 0 Å². The van der Waals surface area contributed by atoms with Gasteiger partial charge in [0, 0.05) is 17.1 Å². The van der Waals surface area contributed by atoms with Gasteiger partial charge in [-0.1, -0.05) is 28.4 Å². The van der Waals surface area contributed by atoms with Crippen molar-refractivity contribution in [3.05, 3.63) is 33.8 Å². The molecule has 1 aromatic carbocycles. The van der Waals surface area contributed by atoms with E-state index in [0.29, 0.717) is 15.8 Å². The summed E-state index contributed by atoms with van der Waals surface area (Å²) in [7, 11) is 1.46. The average molecular weight is 233 g/mol. The van der Waals surface area contributed by atoms with Crippen LogP contribution in [-0.2, 0) is 4.84 Å². The minimum absolute atomic E-state index is 0.259. The molecule has 14 heavy (non-hydrogen) atoms. The highest BCUT2D eigenvalue weighted by Crippen LogP contribution is 2.21. The van der Waals surface area contributed by atoms with Gasteiger partial charge in [-0.05, 0) is 18.2 Å². The Morgan fingerprint density at radius 1 is 1.50 bits per heavy atom. The second kappa shape index (κ2) is 5.20. The Labute approximate surface area is 92.4 Å². The maximum Gasteiger partial charge on any atom is 0.106 e. The van der Waals surface area contributed by atoms with Crippen molar-refractivity contribution in [3.63, 3.8) is 0 Å². The molecule has 0 fully saturated rings. The molecule has 76 valence electrons. The third-order valence-corrected chi connectivity index (χ3v) is 2.18. The van der Waals surface area contributed by atoms with Gasteiger partial charge in [0.15, 0.2) is 0 Å². The Kier molecular flexibility index (Phi) is 4.20. The number of nitrogens with two attached hydrogens (primary N) is 1. The molecule has 0 aliphatic rings. The Hall–Kier alpha value is -0.770. The monoisotopic (exact) mass is 232 g/mol. The second-order valence-electron chi connectivity index (χ2n) is 2.55. The summed E-state index contributed by atoms with van der Waals surface area (Å²) in [5.41, 5.74) is 6.82. The Balaban J connectivity index is 3.11. The van der Waals surface area contributed by atoms with Crippen molar-refractivity contribution in [1.82, 2.24) is 0 Å². The lowest BCUT2D eigenvalue weighted by atomic mass is 10.1. The zero-order valence-corrected chi connectivity index (χ0v) is 9.14. The first-order valence-corrected chi connectivity index (χ1v) is 4.70. The molecule has 0 aliphatic heterocycles. The summed E-state index contributed by atoms with van der Waals surface area (Å²) in [5, 5.41) is 4.86. The summed E-state index contributed by atoms with van der Waals surface area (Å²) in [5.74, 6) is 0. The Morgan fingerprint density at radius 2 is 2.21 bits per heavy atom. The van der Waals surface area contributed by atoms with E-state index < -0.39 is 0 Å². The summed E-state index contributed by atoms with van der Waals surface area (Å²) < 4.78 is 0. The van der Waals surface area contributed by atoms with Gasteiger partial charge in [-0.2, -0.15) is 0 Å². The molecule has 1 aromatic rings. The van der Waals surface area contributed by atoms with Gasteiger partial charge in [-0.3, -0.25) is 0 Å². The van der Waals surface area contributed by atoms with Crippen LogP contribution in [-0.4, -0.2) is 19.4 Å². The Morgan fingerprint density at radius 3 is 2.71 bits per heavy atom. The molecule has 2 N–H and O–H groups in total. The van der Waals surface area contributed by atoms with Crippen molar-refractivity contribution in [2.75, 3.05) is 13.7 Å². The van der Waals surface area contributed by atoms with Crippen LogP contribution >= 0.6 is 23.2 Å². The fourth-order valence-corrected chi connectivity index (χ4v) is 1.55. The summed E-state index contributed by atoms with van der Waals surface area (Å²) in [6.45, 7) is 0.259. The first kappa shape index (κ1) is 11.3. The minimum atomic E-state index is 0.259. The minimum Gasteiger partial charge on any atom is -0.399 e. The van der Waals surface area contributed by atoms with Crippen LogP contribution in [0, 0.1) is 0 Å². The lowest BCUT2D eigenvalue weighted by Crippen LogP contribution is -2.15. The van der Waals surface area contributed by atoms with Crippen LogP contribution in [0.5, 0.6) is 0 Å². The number of benzene rings is 1. The Bertz CT molecular complexity index is 353. The van der Waals surface area contributed by atoms with Gasteiger partial charge in [0.2, 0.25) is 0 Å². The highest BCUT2D eigenvalue weighted by Gasteiger charge is 2.07. The fourth-order valence-electron chi connectivity index (χ4n) is 1.03. The van der Waals surface area contributed by atoms with Gasteiger partial charge in [-0.25, -0.2) is 0 Å². The molecule has 5 heteroatoms. The molecule has 0 heterocycles. The average Bonchev–Trinajstić information content (AvgIpc) is 2.15. The van der Waals surface area contributed by atoms with Gasteiger partial charge < -0.3 is 10.6 Å². The van der Waals surface area contributed by atoms with Gasteiger partial charge in [-0.15, -0.1) is 0 Å². The number of nitrogens with zero attached hydrogens (tertiary/aromatic N) is 1. The van der Waals surface area contributed by atoms with Gasteiger partial charge in [0.25, 0.3) is 0 Å². The molecule has 0 saturated carbocycles. The molecule has 0 radical (unpaired) electrons. The highest BCUT2D eigenvalue weighted by atomic mass is 35.5. The normalized spacial score (nSPS) is 11.6. The maximum atomic E-state index is 5.96. The number of halogens is 2. The van der Waals surface area contributed by atoms with Crippen molar-refractivity contribution in [2.45, 2.75) is 0 Å². The smallest absolute Gasteiger partial charge is 0.106 e. The number of oxime groups is 1. The van der Waals surface area contributed by atoms with Crippen molar-refractivity contribution in [2.24, 2.45) is 10.9 Å². The predicted molar refractivity (Wildman–Crippen MR) is 59.1 cm³/mol. The quantitative estimate of drug-likeness (QED) is 0.643. The van der Waals surface area contributed by atoms with Crippen LogP contribution in [0.1, 0.15) is 5.56 Å². The summed E-state index contributed by atoms with van der Waals surface area (Å²) in [4.78, 5) is 4.65. The lowest BCUT2D eigenvalue weighted by molar-refractivity contribution is 0.213. The van der Waals surface area contributed by atoms with E-state index in [0.717, 1.165) is 5.56 Å². The molecule has 3 nitrogen and oxygen atoms in total. The molecule has 0 unspecified atom stereocenters. The molecule has 1 rings (SSSR count). The van der Waals surface area contributed by atoms with E-state index in [2.05, 4.69) is 9.99 Å². The molecular weight excluding hydrogens is 223 g/mol. The van der Waals surface area contributed by atoms with Gasteiger partial charge in [0.1, 0.15) is 12.8 Å². The fraction of sp³-hybridized carbons (Fsp3) is 0.222. The highest BCUT2D eigenvalue weighted by molar-refractivity contribution is 6.37. The predicted octanol–water partition coefficient (Wildman–Crippen LogP) is 2.30. The molecule has 0 aromatic heterocycles. The zero-order valence-electron chi connectivity index (χ0n) is 7.63. The van der Waals surface area contributed by atoms with Crippen LogP contribution in [0.3, 0.4) is 0 Å². The molecule has 0 bridgehead atoms. The summed E-state index contributed by atoms with van der Waals surface area (Å²) in [6, 6.07) is 5.12. The molecular formula is C9H10Cl2N2O. The van der Waals surface area contributed by atoms with Gasteiger partial charge in [0.05, 0.1) is 5.02 Å². The number of rotatable bonds is 3. The lowest BCUT2D eigenvalue weighted by Gasteiger charge is -2.05. The van der Waals surface area contributed by atoms with E-state index in [1.54, 1.807) is 18.2 Å². The van der Waals surface area contributed by atoms with E-state index in [-0.39, 0.29) is 6.54 Å². The van der Waals surface area contributed by atoms with E-state index in [4.69, 9.17) is 28.9 Å². The molecule has 0 atom stereocenters. The zero-order chi connectivity index (χ0) is 10.6.